The van der Waals surface area contributed by atoms with Gasteiger partial charge >= 0.3 is 0 Å². The van der Waals surface area contributed by atoms with Crippen LogP contribution in [0, 0.1) is 13.8 Å². The molecule has 1 heterocycles. The van der Waals surface area contributed by atoms with Crippen LogP contribution in [0.2, 0.25) is 0 Å². The molecule has 0 radical (unpaired) electrons. The molecular weight excluding hydrogens is 266 g/mol. The van der Waals surface area contributed by atoms with Crippen LogP contribution in [0.25, 0.3) is 0 Å². The average Bonchev–Trinajstić information content (AvgIpc) is 2.44. The zero-order valence-corrected chi connectivity index (χ0v) is 14.0. The predicted molar refractivity (Wildman–Crippen MR) is 84.9 cm³/mol. The van der Waals surface area contributed by atoms with Crippen molar-refractivity contribution in [2.45, 2.75) is 40.0 Å². The summed E-state index contributed by atoms with van der Waals surface area (Å²) in [5.41, 5.74) is 3.43. The number of methoxy groups -OCH3 is 1. The fraction of sp³-hybridized carbons (Fsp3) is 0.750. The second kappa shape index (κ2) is 9.82. The van der Waals surface area contributed by atoms with Gasteiger partial charge in [0.05, 0.1) is 19.8 Å². The summed E-state index contributed by atoms with van der Waals surface area (Å²) < 4.78 is 10.4. The maximum Gasteiger partial charge on any atom is 0.131 e. The Bertz CT molecular complexity index is 401. The molecule has 1 aromatic heterocycles. The number of hydrogen-bond donors (Lipinski definition) is 1. The van der Waals surface area contributed by atoms with Gasteiger partial charge in [0.15, 0.2) is 0 Å². The largest absolute Gasteiger partial charge is 0.382 e. The van der Waals surface area contributed by atoms with E-state index in [1.807, 2.05) is 0 Å². The molecule has 5 heteroatoms. The van der Waals surface area contributed by atoms with Crippen molar-refractivity contribution in [2.24, 2.45) is 0 Å². The molecule has 0 spiro atoms. The van der Waals surface area contributed by atoms with E-state index in [-0.39, 0.29) is 0 Å². The first kappa shape index (κ1) is 18.0. The molecule has 0 saturated carbocycles. The lowest BCUT2D eigenvalue weighted by molar-refractivity contribution is 0.0716. The van der Waals surface area contributed by atoms with Gasteiger partial charge in [-0.05, 0) is 31.9 Å². The summed E-state index contributed by atoms with van der Waals surface area (Å²) in [6.07, 6.45) is 0.743. The average molecular weight is 295 g/mol. The highest BCUT2D eigenvalue weighted by molar-refractivity contribution is 5.28. The molecule has 1 aromatic rings. The van der Waals surface area contributed by atoms with E-state index >= 15 is 0 Å². The number of ether oxygens (including phenoxy) is 2. The molecule has 120 valence electrons. The number of likely N-dealkylation sites (N-methyl/N-ethyl adjacent to an activating group) is 1. The molecule has 0 amide bonds. The zero-order valence-electron chi connectivity index (χ0n) is 14.0. The SMILES string of the molecule is CCNCC(C)c1c(C)nc(CCOCCOC)nc1C. The first-order valence-electron chi connectivity index (χ1n) is 7.71. The summed E-state index contributed by atoms with van der Waals surface area (Å²) in [5.74, 6) is 1.29. The molecule has 0 fully saturated rings. The highest BCUT2D eigenvalue weighted by Gasteiger charge is 2.14. The monoisotopic (exact) mass is 295 g/mol. The Morgan fingerprint density at radius 1 is 1.10 bits per heavy atom. The van der Waals surface area contributed by atoms with Gasteiger partial charge in [-0.1, -0.05) is 13.8 Å². The third kappa shape index (κ3) is 6.08. The lowest BCUT2D eigenvalue weighted by atomic mass is 9.98. The van der Waals surface area contributed by atoms with Crippen molar-refractivity contribution in [1.82, 2.24) is 15.3 Å². The smallest absolute Gasteiger partial charge is 0.131 e. The van der Waals surface area contributed by atoms with Gasteiger partial charge in [-0.25, -0.2) is 9.97 Å². The Labute approximate surface area is 128 Å². The van der Waals surface area contributed by atoms with E-state index in [1.54, 1.807) is 7.11 Å². The van der Waals surface area contributed by atoms with Crippen LogP contribution < -0.4 is 5.32 Å². The molecule has 0 bridgehead atoms. The maximum absolute atomic E-state index is 5.47. The first-order chi connectivity index (χ1) is 10.1. The van der Waals surface area contributed by atoms with Crippen LogP contribution in [0.4, 0.5) is 0 Å². The third-order valence-electron chi connectivity index (χ3n) is 3.47. The first-order valence-corrected chi connectivity index (χ1v) is 7.71. The van der Waals surface area contributed by atoms with Crippen molar-refractivity contribution < 1.29 is 9.47 Å². The molecule has 1 N–H and O–H groups in total. The highest BCUT2D eigenvalue weighted by atomic mass is 16.5. The van der Waals surface area contributed by atoms with Crippen LogP contribution in [-0.4, -0.2) is 50.0 Å². The molecule has 21 heavy (non-hydrogen) atoms. The lowest BCUT2D eigenvalue weighted by Crippen LogP contribution is -2.21. The van der Waals surface area contributed by atoms with E-state index in [0.29, 0.717) is 25.7 Å². The van der Waals surface area contributed by atoms with Gasteiger partial charge in [-0.3, -0.25) is 0 Å². The number of aromatic nitrogens is 2. The minimum absolute atomic E-state index is 0.428. The van der Waals surface area contributed by atoms with Crippen molar-refractivity contribution in [2.75, 3.05) is 40.0 Å². The van der Waals surface area contributed by atoms with Crippen molar-refractivity contribution >= 4 is 0 Å². The Kier molecular flexibility index (Phi) is 8.42. The minimum Gasteiger partial charge on any atom is -0.382 e. The van der Waals surface area contributed by atoms with Crippen molar-refractivity contribution in [3.05, 3.63) is 22.8 Å². The van der Waals surface area contributed by atoms with E-state index in [9.17, 15) is 0 Å². The molecule has 1 unspecified atom stereocenters. The zero-order chi connectivity index (χ0) is 15.7. The predicted octanol–water partition coefficient (Wildman–Crippen LogP) is 2.01. The standard InChI is InChI=1S/C16H29N3O2/c1-6-17-11-12(2)16-13(3)18-15(19-14(16)4)7-8-21-10-9-20-5/h12,17H,6-11H2,1-5H3. The second-order valence-electron chi connectivity index (χ2n) is 5.29. The Morgan fingerprint density at radius 3 is 2.33 bits per heavy atom. The lowest BCUT2D eigenvalue weighted by Gasteiger charge is -2.17. The topological polar surface area (TPSA) is 56.3 Å². The molecular formula is C16H29N3O2. The highest BCUT2D eigenvalue weighted by Crippen LogP contribution is 2.20. The van der Waals surface area contributed by atoms with E-state index in [0.717, 1.165) is 36.7 Å². The van der Waals surface area contributed by atoms with Crippen LogP contribution in [-0.2, 0) is 15.9 Å². The molecule has 0 aromatic carbocycles. The molecule has 0 aliphatic carbocycles. The summed E-state index contributed by atoms with van der Waals surface area (Å²) >= 11 is 0. The number of aryl methyl sites for hydroxylation is 2. The summed E-state index contributed by atoms with van der Waals surface area (Å²) in [5, 5.41) is 3.38. The molecule has 5 nitrogen and oxygen atoms in total. The van der Waals surface area contributed by atoms with Crippen molar-refractivity contribution in [3.8, 4) is 0 Å². The molecule has 0 aliphatic heterocycles. The van der Waals surface area contributed by atoms with Crippen LogP contribution in [0.3, 0.4) is 0 Å². The number of nitrogens with zero attached hydrogens (tertiary/aromatic N) is 2. The normalized spacial score (nSPS) is 12.6. The van der Waals surface area contributed by atoms with Gasteiger partial charge in [-0.15, -0.1) is 0 Å². The van der Waals surface area contributed by atoms with Crippen LogP contribution in [0.15, 0.2) is 0 Å². The Hall–Kier alpha value is -1.04. The summed E-state index contributed by atoms with van der Waals surface area (Å²) in [7, 11) is 1.67. The van der Waals surface area contributed by atoms with E-state index in [4.69, 9.17) is 9.47 Å². The van der Waals surface area contributed by atoms with Gasteiger partial charge in [0.25, 0.3) is 0 Å². The molecule has 1 atom stereocenters. The summed E-state index contributed by atoms with van der Waals surface area (Å²) in [6, 6.07) is 0. The van der Waals surface area contributed by atoms with Gasteiger partial charge in [0.1, 0.15) is 5.82 Å². The second-order valence-corrected chi connectivity index (χ2v) is 5.29. The third-order valence-corrected chi connectivity index (χ3v) is 3.47. The van der Waals surface area contributed by atoms with Gasteiger partial charge < -0.3 is 14.8 Å². The molecule has 1 rings (SSSR count). The number of hydrogen-bond acceptors (Lipinski definition) is 5. The molecule has 0 aliphatic rings. The van der Waals surface area contributed by atoms with Crippen molar-refractivity contribution in [1.29, 1.82) is 0 Å². The van der Waals surface area contributed by atoms with E-state index in [2.05, 4.69) is 43.0 Å². The van der Waals surface area contributed by atoms with Crippen molar-refractivity contribution in [3.63, 3.8) is 0 Å². The Balaban J connectivity index is 2.62. The summed E-state index contributed by atoms with van der Waals surface area (Å²) in [4.78, 5) is 9.26. The maximum atomic E-state index is 5.47. The van der Waals surface area contributed by atoms with Crippen LogP contribution in [0.5, 0.6) is 0 Å². The van der Waals surface area contributed by atoms with Crippen LogP contribution >= 0.6 is 0 Å². The minimum atomic E-state index is 0.428. The fourth-order valence-corrected chi connectivity index (χ4v) is 2.49. The van der Waals surface area contributed by atoms with Gasteiger partial charge in [0.2, 0.25) is 0 Å². The molecule has 0 saturated heterocycles. The fourth-order valence-electron chi connectivity index (χ4n) is 2.49. The Morgan fingerprint density at radius 2 is 1.76 bits per heavy atom. The van der Waals surface area contributed by atoms with E-state index < -0.39 is 0 Å². The van der Waals surface area contributed by atoms with Gasteiger partial charge in [0, 0.05) is 31.5 Å². The summed E-state index contributed by atoms with van der Waals surface area (Å²) in [6.45, 7) is 12.3. The number of rotatable bonds is 10. The van der Waals surface area contributed by atoms with E-state index in [1.165, 1.54) is 5.56 Å². The quantitative estimate of drug-likeness (QED) is 0.669. The van der Waals surface area contributed by atoms with Crippen LogP contribution in [0.1, 0.15) is 42.5 Å². The van der Waals surface area contributed by atoms with Gasteiger partial charge in [-0.2, -0.15) is 0 Å². The number of nitrogens with one attached hydrogen (secondary N) is 1.